The number of carbonyl (C=O) groups is 1. The molecular weight excluding hydrogens is 338 g/mol. The average Bonchev–Trinajstić information content (AvgIpc) is 3.42. The number of halogens is 2. The van der Waals surface area contributed by atoms with Crippen LogP contribution in [0.15, 0.2) is 42.5 Å². The standard InChI is InChI=1S/C20H20F2N2O2/c21-16-5-6-18(22)17(13-16)14-1-3-15(4-2-14)19(25)23-9-11-24(12-10-23)20(26)7-8-20/h1-6,13,26H,7-12H2. The first-order valence-electron chi connectivity index (χ1n) is 8.78. The fraction of sp³-hybridized carbons (Fsp3) is 0.350. The number of amides is 1. The van der Waals surface area contributed by atoms with Gasteiger partial charge in [0.2, 0.25) is 0 Å². The van der Waals surface area contributed by atoms with Gasteiger partial charge in [0.15, 0.2) is 0 Å². The van der Waals surface area contributed by atoms with Gasteiger partial charge >= 0.3 is 0 Å². The van der Waals surface area contributed by atoms with Crippen LogP contribution in [0.4, 0.5) is 8.78 Å². The van der Waals surface area contributed by atoms with Crippen molar-refractivity contribution >= 4 is 5.91 Å². The van der Waals surface area contributed by atoms with Crippen molar-refractivity contribution in [3.8, 4) is 11.1 Å². The van der Waals surface area contributed by atoms with E-state index in [-0.39, 0.29) is 11.5 Å². The number of hydrogen-bond donors (Lipinski definition) is 1. The molecule has 136 valence electrons. The highest BCUT2D eigenvalue weighted by molar-refractivity contribution is 5.94. The first-order chi connectivity index (χ1) is 12.5. The van der Waals surface area contributed by atoms with Crippen LogP contribution in [0.5, 0.6) is 0 Å². The molecule has 0 bridgehead atoms. The summed E-state index contributed by atoms with van der Waals surface area (Å²) >= 11 is 0. The van der Waals surface area contributed by atoms with Gasteiger partial charge in [0.05, 0.1) is 0 Å². The second-order valence-corrected chi connectivity index (χ2v) is 6.96. The van der Waals surface area contributed by atoms with Crippen LogP contribution in [-0.2, 0) is 0 Å². The minimum Gasteiger partial charge on any atom is -0.376 e. The van der Waals surface area contributed by atoms with Crippen LogP contribution in [0.2, 0.25) is 0 Å². The summed E-state index contributed by atoms with van der Waals surface area (Å²) in [5.41, 5.74) is 0.574. The predicted octanol–water partition coefficient (Wildman–Crippen LogP) is 2.87. The Balaban J connectivity index is 1.45. The topological polar surface area (TPSA) is 43.8 Å². The molecule has 2 fully saturated rings. The zero-order valence-electron chi connectivity index (χ0n) is 14.3. The molecule has 1 heterocycles. The Kier molecular flexibility index (Phi) is 4.25. The Morgan fingerprint density at radius 2 is 1.62 bits per heavy atom. The van der Waals surface area contributed by atoms with Crippen LogP contribution in [-0.4, -0.2) is 52.7 Å². The molecule has 0 spiro atoms. The minimum atomic E-state index is -0.647. The van der Waals surface area contributed by atoms with E-state index in [1.54, 1.807) is 29.2 Å². The molecular formula is C20H20F2N2O2. The van der Waals surface area contributed by atoms with Crippen LogP contribution in [0.3, 0.4) is 0 Å². The van der Waals surface area contributed by atoms with Crippen molar-refractivity contribution in [2.24, 2.45) is 0 Å². The summed E-state index contributed by atoms with van der Waals surface area (Å²) in [6.07, 6.45) is 1.61. The number of carbonyl (C=O) groups excluding carboxylic acids is 1. The monoisotopic (exact) mass is 358 g/mol. The third-order valence-corrected chi connectivity index (χ3v) is 5.22. The molecule has 6 heteroatoms. The summed E-state index contributed by atoms with van der Waals surface area (Å²) in [7, 11) is 0. The van der Waals surface area contributed by atoms with Crippen LogP contribution in [0.1, 0.15) is 23.2 Å². The van der Waals surface area contributed by atoms with Gasteiger partial charge in [-0.3, -0.25) is 9.69 Å². The van der Waals surface area contributed by atoms with Crippen molar-refractivity contribution in [3.63, 3.8) is 0 Å². The van der Waals surface area contributed by atoms with Crippen molar-refractivity contribution in [2.75, 3.05) is 26.2 Å². The molecule has 0 aromatic heterocycles. The first-order valence-corrected chi connectivity index (χ1v) is 8.78. The van der Waals surface area contributed by atoms with Crippen LogP contribution >= 0.6 is 0 Å². The predicted molar refractivity (Wildman–Crippen MR) is 93.5 cm³/mol. The van der Waals surface area contributed by atoms with Crippen molar-refractivity contribution in [1.82, 2.24) is 9.80 Å². The van der Waals surface area contributed by atoms with E-state index in [1.807, 2.05) is 4.90 Å². The lowest BCUT2D eigenvalue weighted by Crippen LogP contribution is -2.53. The number of benzene rings is 2. The van der Waals surface area contributed by atoms with E-state index < -0.39 is 17.4 Å². The van der Waals surface area contributed by atoms with Gasteiger partial charge in [-0.1, -0.05) is 12.1 Å². The third-order valence-electron chi connectivity index (χ3n) is 5.22. The molecule has 4 rings (SSSR count). The molecule has 1 aliphatic carbocycles. The number of aliphatic hydroxyl groups is 1. The number of rotatable bonds is 3. The van der Waals surface area contributed by atoms with Crippen LogP contribution < -0.4 is 0 Å². The quantitative estimate of drug-likeness (QED) is 0.918. The molecule has 1 saturated carbocycles. The molecule has 4 nitrogen and oxygen atoms in total. The lowest BCUT2D eigenvalue weighted by molar-refractivity contribution is -0.0434. The summed E-state index contributed by atoms with van der Waals surface area (Å²) in [5.74, 6) is -1.09. The highest BCUT2D eigenvalue weighted by atomic mass is 19.1. The van der Waals surface area contributed by atoms with Crippen molar-refractivity contribution in [1.29, 1.82) is 0 Å². The highest BCUT2D eigenvalue weighted by Crippen LogP contribution is 2.39. The second kappa shape index (κ2) is 6.45. The molecule has 1 aliphatic heterocycles. The van der Waals surface area contributed by atoms with E-state index in [0.29, 0.717) is 37.3 Å². The van der Waals surface area contributed by atoms with E-state index >= 15 is 0 Å². The molecule has 0 unspecified atom stereocenters. The summed E-state index contributed by atoms with van der Waals surface area (Å²) in [6, 6.07) is 9.87. The minimum absolute atomic E-state index is 0.0845. The fourth-order valence-electron chi connectivity index (χ4n) is 3.45. The Labute approximate surface area is 150 Å². The molecule has 0 radical (unpaired) electrons. The van der Waals surface area contributed by atoms with Gasteiger partial charge < -0.3 is 10.0 Å². The number of hydrogen-bond acceptors (Lipinski definition) is 3. The molecule has 0 atom stereocenters. The lowest BCUT2D eigenvalue weighted by atomic mass is 10.0. The zero-order valence-corrected chi connectivity index (χ0v) is 14.3. The zero-order chi connectivity index (χ0) is 18.3. The Morgan fingerprint density at radius 3 is 2.23 bits per heavy atom. The lowest BCUT2D eigenvalue weighted by Gasteiger charge is -2.37. The van der Waals surface area contributed by atoms with Gasteiger partial charge in [0, 0.05) is 37.3 Å². The third kappa shape index (κ3) is 3.22. The maximum atomic E-state index is 13.9. The van der Waals surface area contributed by atoms with Gasteiger partial charge in [0.1, 0.15) is 17.4 Å². The number of nitrogens with zero attached hydrogens (tertiary/aromatic N) is 2. The van der Waals surface area contributed by atoms with Gasteiger partial charge in [0.25, 0.3) is 5.91 Å². The molecule has 1 saturated heterocycles. The molecule has 2 aromatic carbocycles. The van der Waals surface area contributed by atoms with Crippen molar-refractivity contribution in [3.05, 3.63) is 59.7 Å². The Morgan fingerprint density at radius 1 is 0.962 bits per heavy atom. The summed E-state index contributed by atoms with van der Waals surface area (Å²) in [5, 5.41) is 10.1. The van der Waals surface area contributed by atoms with E-state index in [1.165, 1.54) is 0 Å². The maximum Gasteiger partial charge on any atom is 0.253 e. The molecule has 2 aliphatic rings. The van der Waals surface area contributed by atoms with Crippen molar-refractivity contribution in [2.45, 2.75) is 18.6 Å². The van der Waals surface area contributed by atoms with E-state index in [2.05, 4.69) is 0 Å². The second-order valence-electron chi connectivity index (χ2n) is 6.96. The van der Waals surface area contributed by atoms with Crippen LogP contribution in [0, 0.1) is 11.6 Å². The Bertz CT molecular complexity index is 826. The van der Waals surface area contributed by atoms with Gasteiger partial charge in [-0.2, -0.15) is 0 Å². The summed E-state index contributed by atoms with van der Waals surface area (Å²) < 4.78 is 27.2. The van der Waals surface area contributed by atoms with E-state index in [4.69, 9.17) is 0 Å². The largest absolute Gasteiger partial charge is 0.376 e. The smallest absolute Gasteiger partial charge is 0.253 e. The number of piperazine rings is 1. The average molecular weight is 358 g/mol. The van der Waals surface area contributed by atoms with Gasteiger partial charge in [-0.05, 0) is 48.7 Å². The molecule has 26 heavy (non-hydrogen) atoms. The van der Waals surface area contributed by atoms with Crippen LogP contribution in [0.25, 0.3) is 11.1 Å². The normalized spacial score (nSPS) is 19.4. The molecule has 1 N–H and O–H groups in total. The fourth-order valence-corrected chi connectivity index (χ4v) is 3.45. The summed E-state index contributed by atoms with van der Waals surface area (Å²) in [6.45, 7) is 2.46. The van der Waals surface area contributed by atoms with Gasteiger partial charge in [-0.25, -0.2) is 8.78 Å². The highest BCUT2D eigenvalue weighted by Gasteiger charge is 2.47. The maximum absolute atomic E-state index is 13.9. The molecule has 2 aromatic rings. The first kappa shape index (κ1) is 17.1. The van der Waals surface area contributed by atoms with Crippen molar-refractivity contribution < 1.29 is 18.7 Å². The van der Waals surface area contributed by atoms with E-state index in [0.717, 1.165) is 31.0 Å². The van der Waals surface area contributed by atoms with Gasteiger partial charge in [-0.15, -0.1) is 0 Å². The summed E-state index contributed by atoms with van der Waals surface area (Å²) in [4.78, 5) is 16.4. The SMILES string of the molecule is O=C(c1ccc(-c2cc(F)ccc2F)cc1)N1CCN(C2(O)CC2)CC1. The van der Waals surface area contributed by atoms with E-state index in [9.17, 15) is 18.7 Å². The molecule has 1 amide bonds. The Hall–Kier alpha value is -2.31.